The molecular weight excluding hydrogens is 222 g/mol. The van der Waals surface area contributed by atoms with E-state index in [4.69, 9.17) is 5.73 Å². The molecule has 0 aromatic carbocycles. The molecule has 2 rings (SSSR count). The van der Waals surface area contributed by atoms with E-state index in [-0.39, 0.29) is 23.6 Å². The molecule has 0 saturated heterocycles. The van der Waals surface area contributed by atoms with E-state index in [0.29, 0.717) is 0 Å². The van der Waals surface area contributed by atoms with Gasteiger partial charge in [0.1, 0.15) is 23.2 Å². The molecular formula is C11H13N3O3. The van der Waals surface area contributed by atoms with Crippen LogP contribution in [0.2, 0.25) is 0 Å². The smallest absolute Gasteiger partial charge is 0.262 e. The molecule has 17 heavy (non-hydrogen) atoms. The number of hydrogen-bond acceptors (Lipinski definition) is 5. The van der Waals surface area contributed by atoms with Crippen molar-refractivity contribution in [3.05, 3.63) is 24.0 Å². The maximum Gasteiger partial charge on any atom is 0.262 e. The average Bonchev–Trinajstić information content (AvgIpc) is 2.55. The first-order valence-corrected chi connectivity index (χ1v) is 5.14. The van der Waals surface area contributed by atoms with Gasteiger partial charge < -0.3 is 15.9 Å². The number of amides is 1. The maximum absolute atomic E-state index is 11.0. The molecule has 0 spiro atoms. The lowest BCUT2D eigenvalue weighted by atomic mass is 9.92. The van der Waals surface area contributed by atoms with Crippen molar-refractivity contribution in [2.45, 2.75) is 25.0 Å². The summed E-state index contributed by atoms with van der Waals surface area (Å²) in [7, 11) is 0. The Labute approximate surface area is 97.8 Å². The van der Waals surface area contributed by atoms with Crippen molar-refractivity contribution in [2.75, 3.05) is 0 Å². The molecule has 0 aliphatic carbocycles. The van der Waals surface area contributed by atoms with Crippen LogP contribution in [0.3, 0.4) is 0 Å². The van der Waals surface area contributed by atoms with Gasteiger partial charge in [0.05, 0.1) is 5.60 Å². The summed E-state index contributed by atoms with van der Waals surface area (Å²) in [4.78, 5) is 19.1. The monoisotopic (exact) mass is 235 g/mol. The number of carbonyl (C=O) groups is 1. The molecule has 1 aromatic heterocycles. The molecule has 90 valence electrons. The second-order valence-electron chi connectivity index (χ2n) is 4.28. The molecule has 6 nitrogen and oxygen atoms in total. The quantitative estimate of drug-likeness (QED) is 0.665. The van der Waals surface area contributed by atoms with E-state index in [2.05, 4.69) is 9.98 Å². The second kappa shape index (κ2) is 3.81. The van der Waals surface area contributed by atoms with Gasteiger partial charge in [-0.3, -0.25) is 14.8 Å². The first kappa shape index (κ1) is 11.5. The lowest BCUT2D eigenvalue weighted by Crippen LogP contribution is -2.31. The van der Waals surface area contributed by atoms with Gasteiger partial charge in [-0.15, -0.1) is 0 Å². The number of aromatic hydroxyl groups is 1. The molecule has 0 saturated carbocycles. The Balaban J connectivity index is 2.44. The molecule has 2 unspecified atom stereocenters. The van der Waals surface area contributed by atoms with E-state index in [9.17, 15) is 15.0 Å². The molecule has 2 heterocycles. The van der Waals surface area contributed by atoms with E-state index in [1.54, 1.807) is 6.07 Å². The molecule has 1 aliphatic heterocycles. The standard InChI is InChI=1S/C11H13N3O3/c1-11(17)5-6(10(12)16)14-9(11)8-7(15)3-2-4-13-8/h2-4,9,15,17H,5H2,1H3,(H2,12,16). The number of carbonyl (C=O) groups excluding carboxylic acids is 1. The van der Waals surface area contributed by atoms with Crippen molar-refractivity contribution in [1.29, 1.82) is 0 Å². The predicted molar refractivity (Wildman–Crippen MR) is 60.5 cm³/mol. The van der Waals surface area contributed by atoms with E-state index in [0.717, 1.165) is 0 Å². The van der Waals surface area contributed by atoms with Gasteiger partial charge in [0.2, 0.25) is 0 Å². The SMILES string of the molecule is CC1(O)CC(C(N)=O)=NC1c1ncccc1O. The van der Waals surface area contributed by atoms with Crippen molar-refractivity contribution < 1.29 is 15.0 Å². The molecule has 6 heteroatoms. The van der Waals surface area contributed by atoms with Crippen molar-refractivity contribution in [3.8, 4) is 5.75 Å². The van der Waals surface area contributed by atoms with Crippen molar-refractivity contribution >= 4 is 11.6 Å². The zero-order valence-electron chi connectivity index (χ0n) is 9.29. The summed E-state index contributed by atoms with van der Waals surface area (Å²) in [5, 5.41) is 19.8. The average molecular weight is 235 g/mol. The first-order chi connectivity index (χ1) is 7.92. The van der Waals surface area contributed by atoms with E-state index in [1.165, 1.54) is 19.2 Å². The van der Waals surface area contributed by atoms with Crippen LogP contribution in [0.4, 0.5) is 0 Å². The third kappa shape index (κ3) is 1.99. The van der Waals surface area contributed by atoms with Crippen LogP contribution in [0.1, 0.15) is 25.1 Å². The highest BCUT2D eigenvalue weighted by molar-refractivity contribution is 6.39. The number of pyridine rings is 1. The van der Waals surface area contributed by atoms with Gasteiger partial charge in [-0.2, -0.15) is 0 Å². The Kier molecular flexibility index (Phi) is 2.59. The number of aliphatic hydroxyl groups is 1. The summed E-state index contributed by atoms with van der Waals surface area (Å²) in [5.41, 5.74) is 4.23. The summed E-state index contributed by atoms with van der Waals surface area (Å²) in [6, 6.07) is 2.25. The number of nitrogens with zero attached hydrogens (tertiary/aromatic N) is 2. The van der Waals surface area contributed by atoms with Crippen LogP contribution in [0.5, 0.6) is 5.75 Å². The summed E-state index contributed by atoms with van der Waals surface area (Å²) in [5.74, 6) is -0.726. The maximum atomic E-state index is 11.0. The fraction of sp³-hybridized carbons (Fsp3) is 0.364. The minimum absolute atomic E-state index is 0.0585. The highest BCUT2D eigenvalue weighted by atomic mass is 16.3. The Morgan fingerprint density at radius 1 is 1.65 bits per heavy atom. The summed E-state index contributed by atoms with van der Waals surface area (Å²) < 4.78 is 0. The highest BCUT2D eigenvalue weighted by Crippen LogP contribution is 2.39. The predicted octanol–water partition coefficient (Wildman–Crippen LogP) is -0.0907. The minimum atomic E-state index is -1.27. The van der Waals surface area contributed by atoms with E-state index in [1.807, 2.05) is 0 Å². The lowest BCUT2D eigenvalue weighted by molar-refractivity contribution is -0.112. The fourth-order valence-electron chi connectivity index (χ4n) is 1.90. The fourth-order valence-corrected chi connectivity index (χ4v) is 1.90. The Bertz CT molecular complexity index is 496. The molecule has 1 aliphatic rings. The van der Waals surface area contributed by atoms with E-state index >= 15 is 0 Å². The Morgan fingerprint density at radius 3 is 2.88 bits per heavy atom. The molecule has 0 bridgehead atoms. The van der Waals surface area contributed by atoms with Crippen LogP contribution in [0, 0.1) is 0 Å². The van der Waals surface area contributed by atoms with Crippen LogP contribution in [-0.4, -0.2) is 32.4 Å². The third-order valence-electron chi connectivity index (χ3n) is 2.76. The lowest BCUT2D eigenvalue weighted by Gasteiger charge is -2.23. The van der Waals surface area contributed by atoms with Gasteiger partial charge in [0, 0.05) is 12.6 Å². The van der Waals surface area contributed by atoms with Crippen LogP contribution >= 0.6 is 0 Å². The molecule has 0 fully saturated rings. The zero-order valence-corrected chi connectivity index (χ0v) is 9.29. The van der Waals surface area contributed by atoms with Gasteiger partial charge in [-0.1, -0.05) is 0 Å². The van der Waals surface area contributed by atoms with Crippen LogP contribution in [-0.2, 0) is 4.79 Å². The molecule has 1 amide bonds. The van der Waals surface area contributed by atoms with Gasteiger partial charge in [0.15, 0.2) is 0 Å². The Morgan fingerprint density at radius 2 is 2.35 bits per heavy atom. The van der Waals surface area contributed by atoms with Gasteiger partial charge in [-0.25, -0.2) is 0 Å². The molecule has 4 N–H and O–H groups in total. The van der Waals surface area contributed by atoms with Crippen molar-refractivity contribution in [1.82, 2.24) is 4.98 Å². The number of rotatable bonds is 2. The number of primary amides is 1. The first-order valence-electron chi connectivity index (χ1n) is 5.14. The molecule has 0 radical (unpaired) electrons. The third-order valence-corrected chi connectivity index (χ3v) is 2.76. The second-order valence-corrected chi connectivity index (χ2v) is 4.28. The van der Waals surface area contributed by atoms with E-state index < -0.39 is 17.6 Å². The normalized spacial score (nSPS) is 27.9. The summed E-state index contributed by atoms with van der Waals surface area (Å²) >= 11 is 0. The number of aromatic nitrogens is 1. The highest BCUT2D eigenvalue weighted by Gasteiger charge is 2.43. The largest absolute Gasteiger partial charge is 0.506 e. The van der Waals surface area contributed by atoms with Crippen molar-refractivity contribution in [2.24, 2.45) is 10.7 Å². The summed E-state index contributed by atoms with van der Waals surface area (Å²) in [6.45, 7) is 1.53. The minimum Gasteiger partial charge on any atom is -0.506 e. The van der Waals surface area contributed by atoms with Gasteiger partial charge in [0.25, 0.3) is 5.91 Å². The summed E-state index contributed by atoms with van der Waals surface area (Å²) in [6.07, 6.45) is 1.55. The topological polar surface area (TPSA) is 109 Å². The number of nitrogens with two attached hydrogens (primary N) is 1. The number of aliphatic imine (C=N–C) groups is 1. The van der Waals surface area contributed by atoms with Crippen LogP contribution in [0.25, 0.3) is 0 Å². The van der Waals surface area contributed by atoms with Gasteiger partial charge in [-0.05, 0) is 19.1 Å². The van der Waals surface area contributed by atoms with Crippen LogP contribution < -0.4 is 5.73 Å². The molecule has 2 atom stereocenters. The van der Waals surface area contributed by atoms with Crippen LogP contribution in [0.15, 0.2) is 23.3 Å². The molecule has 1 aromatic rings. The number of hydrogen-bond donors (Lipinski definition) is 3. The Hall–Kier alpha value is -1.95. The van der Waals surface area contributed by atoms with Gasteiger partial charge >= 0.3 is 0 Å². The van der Waals surface area contributed by atoms with Crippen molar-refractivity contribution in [3.63, 3.8) is 0 Å². The zero-order chi connectivity index (χ0) is 12.6.